The number of anilines is 2. The smallest absolute Gasteiger partial charge is 0.382 e. The van der Waals surface area contributed by atoms with E-state index in [-0.39, 0.29) is 29.3 Å². The quantitative estimate of drug-likeness (QED) is 0.410. The van der Waals surface area contributed by atoms with E-state index in [2.05, 4.69) is 15.2 Å². The van der Waals surface area contributed by atoms with Gasteiger partial charge in [-0.05, 0) is 51.1 Å². The largest absolute Gasteiger partial charge is 0.408 e. The number of halogens is 4. The second-order valence-corrected chi connectivity index (χ2v) is 9.35. The van der Waals surface area contributed by atoms with Gasteiger partial charge in [0.05, 0.1) is 29.7 Å². The van der Waals surface area contributed by atoms with Crippen molar-refractivity contribution in [1.82, 2.24) is 24.4 Å². The lowest BCUT2D eigenvalue weighted by molar-refractivity contribution is -0.147. The molecular weight excluding hydrogens is 494 g/mol. The van der Waals surface area contributed by atoms with Crippen molar-refractivity contribution >= 4 is 22.9 Å². The molecule has 1 aliphatic heterocycles. The third-order valence-electron chi connectivity index (χ3n) is 6.27. The van der Waals surface area contributed by atoms with Crippen LogP contribution in [0.1, 0.15) is 20.8 Å². The fraction of sp³-hybridized carbons (Fsp3) is 0.333. The molecule has 1 aliphatic rings. The van der Waals surface area contributed by atoms with Gasteiger partial charge in [0.1, 0.15) is 29.8 Å². The number of hydrogen-bond donors (Lipinski definition) is 1. The van der Waals surface area contributed by atoms with Crippen LogP contribution >= 0.6 is 0 Å². The zero-order valence-corrected chi connectivity index (χ0v) is 20.1. The van der Waals surface area contributed by atoms with Crippen LogP contribution in [-0.2, 0) is 16.1 Å². The minimum absolute atomic E-state index is 0.0390. The maximum atomic E-state index is 15.1. The molecule has 0 spiro atoms. The van der Waals surface area contributed by atoms with Crippen LogP contribution in [0.15, 0.2) is 42.9 Å². The molecule has 0 saturated carbocycles. The first-order chi connectivity index (χ1) is 17.4. The van der Waals surface area contributed by atoms with E-state index < -0.39 is 36.1 Å². The first-order valence-corrected chi connectivity index (χ1v) is 11.4. The molecule has 9 nitrogen and oxygen atoms in total. The van der Waals surface area contributed by atoms with Crippen LogP contribution in [0.25, 0.3) is 28.0 Å². The summed E-state index contributed by atoms with van der Waals surface area (Å²) in [4.78, 5) is 18.5. The monoisotopic (exact) mass is 517 g/mol. The molecule has 1 saturated heterocycles. The first-order valence-electron chi connectivity index (χ1n) is 11.4. The van der Waals surface area contributed by atoms with Gasteiger partial charge in [-0.2, -0.15) is 23.4 Å². The van der Waals surface area contributed by atoms with Crippen molar-refractivity contribution < 1.29 is 27.1 Å². The second-order valence-electron chi connectivity index (χ2n) is 9.35. The lowest BCUT2D eigenvalue weighted by Gasteiger charge is -2.41. The van der Waals surface area contributed by atoms with Crippen LogP contribution in [-0.4, -0.2) is 54.7 Å². The number of rotatable bonds is 4. The normalized spacial score (nSPS) is 18.1. The van der Waals surface area contributed by atoms with Gasteiger partial charge in [0.15, 0.2) is 5.82 Å². The van der Waals surface area contributed by atoms with Gasteiger partial charge in [0, 0.05) is 17.3 Å². The number of hydrogen-bond acceptors (Lipinski definition) is 6. The number of alkyl halides is 3. The van der Waals surface area contributed by atoms with E-state index in [4.69, 9.17) is 10.5 Å². The maximum absolute atomic E-state index is 15.1. The van der Waals surface area contributed by atoms with Crippen molar-refractivity contribution in [3.8, 4) is 22.5 Å². The second kappa shape index (κ2) is 8.54. The van der Waals surface area contributed by atoms with E-state index in [1.807, 2.05) is 0 Å². The number of nitrogen functional groups attached to an aromatic ring is 1. The highest BCUT2D eigenvalue weighted by Crippen LogP contribution is 2.38. The molecule has 5 rings (SSSR count). The zero-order chi connectivity index (χ0) is 26.7. The Morgan fingerprint density at radius 3 is 2.65 bits per heavy atom. The standard InChI is InChI=1S/C24H23F4N7O2/c1-13-10-37-23(2,3)22(36)34(13)19-8-14(4-5-16(19)25)18-9-15(20-21(29)30-12-32-35(18)20)17-6-7-31-33(17)11-24(26,27)28/h4-9,12-13H,10-11H2,1-3H3,(H2,29,30,32). The van der Waals surface area contributed by atoms with Crippen LogP contribution in [0.4, 0.5) is 29.1 Å². The maximum Gasteiger partial charge on any atom is 0.408 e. The zero-order valence-electron chi connectivity index (χ0n) is 20.1. The summed E-state index contributed by atoms with van der Waals surface area (Å²) in [6, 6.07) is 6.82. The molecule has 0 aliphatic carbocycles. The highest BCUT2D eigenvalue weighted by Gasteiger charge is 2.42. The molecular formula is C24H23F4N7O2. The predicted molar refractivity (Wildman–Crippen MR) is 127 cm³/mol. The minimum atomic E-state index is -4.50. The van der Waals surface area contributed by atoms with Crippen molar-refractivity contribution in [2.45, 2.75) is 45.1 Å². The Hall–Kier alpha value is -4.00. The Bertz CT molecular complexity index is 1510. The van der Waals surface area contributed by atoms with E-state index in [1.165, 1.54) is 46.2 Å². The van der Waals surface area contributed by atoms with Crippen molar-refractivity contribution in [3.63, 3.8) is 0 Å². The van der Waals surface area contributed by atoms with E-state index in [0.29, 0.717) is 16.8 Å². The molecule has 1 aromatic carbocycles. The van der Waals surface area contributed by atoms with Gasteiger partial charge >= 0.3 is 6.18 Å². The summed E-state index contributed by atoms with van der Waals surface area (Å²) >= 11 is 0. The molecule has 4 aromatic rings. The van der Waals surface area contributed by atoms with Gasteiger partial charge in [-0.15, -0.1) is 0 Å². The minimum Gasteiger partial charge on any atom is -0.382 e. The van der Waals surface area contributed by atoms with Crippen LogP contribution in [0.5, 0.6) is 0 Å². The highest BCUT2D eigenvalue weighted by molar-refractivity contribution is 6.01. The van der Waals surface area contributed by atoms with E-state index in [9.17, 15) is 18.0 Å². The molecule has 4 heterocycles. The molecule has 1 atom stereocenters. The highest BCUT2D eigenvalue weighted by atomic mass is 19.4. The van der Waals surface area contributed by atoms with E-state index in [1.54, 1.807) is 26.8 Å². The van der Waals surface area contributed by atoms with Gasteiger partial charge in [-0.3, -0.25) is 9.48 Å². The van der Waals surface area contributed by atoms with Crippen LogP contribution in [0.2, 0.25) is 0 Å². The molecule has 3 aromatic heterocycles. The Balaban J connectivity index is 1.68. The number of nitrogens with zero attached hydrogens (tertiary/aromatic N) is 6. The molecule has 0 radical (unpaired) electrons. The molecule has 0 bridgehead atoms. The molecule has 2 N–H and O–H groups in total. The number of amides is 1. The number of carbonyl (C=O) groups excluding carboxylic acids is 1. The number of benzene rings is 1. The summed E-state index contributed by atoms with van der Waals surface area (Å²) in [6.45, 7) is 3.90. The van der Waals surface area contributed by atoms with Gasteiger partial charge in [-0.25, -0.2) is 13.9 Å². The lowest BCUT2D eigenvalue weighted by atomic mass is 10.0. The molecule has 13 heteroatoms. The van der Waals surface area contributed by atoms with Gasteiger partial charge < -0.3 is 15.4 Å². The summed E-state index contributed by atoms with van der Waals surface area (Å²) in [6.07, 6.45) is -2.03. The Labute approximate surface area is 208 Å². The molecule has 1 fully saturated rings. The summed E-state index contributed by atoms with van der Waals surface area (Å²) in [5, 5.41) is 8.06. The molecule has 1 amide bonds. The molecule has 37 heavy (non-hydrogen) atoms. The predicted octanol–water partition coefficient (Wildman–Crippen LogP) is 4.07. The summed E-state index contributed by atoms with van der Waals surface area (Å²) in [7, 11) is 0. The van der Waals surface area contributed by atoms with Crippen LogP contribution in [0.3, 0.4) is 0 Å². The lowest BCUT2D eigenvalue weighted by Crippen LogP contribution is -2.58. The number of morpholine rings is 1. The molecule has 194 valence electrons. The number of carbonyl (C=O) groups is 1. The first kappa shape index (κ1) is 24.7. The topological polar surface area (TPSA) is 104 Å². The number of ether oxygens (including phenoxy) is 1. The van der Waals surface area contributed by atoms with E-state index >= 15 is 4.39 Å². The van der Waals surface area contributed by atoms with Crippen molar-refractivity contribution in [2.75, 3.05) is 17.2 Å². The summed E-state index contributed by atoms with van der Waals surface area (Å²) in [5.74, 6) is -0.970. The number of nitrogens with two attached hydrogens (primary N) is 1. The van der Waals surface area contributed by atoms with E-state index in [0.717, 1.165) is 4.68 Å². The van der Waals surface area contributed by atoms with Gasteiger partial charge in [0.2, 0.25) is 0 Å². The third kappa shape index (κ3) is 4.28. The Morgan fingerprint density at radius 1 is 1.16 bits per heavy atom. The van der Waals surface area contributed by atoms with Crippen molar-refractivity contribution in [2.24, 2.45) is 0 Å². The Morgan fingerprint density at radius 2 is 1.92 bits per heavy atom. The van der Waals surface area contributed by atoms with Crippen LogP contribution in [0, 0.1) is 5.82 Å². The van der Waals surface area contributed by atoms with Gasteiger partial charge in [-0.1, -0.05) is 0 Å². The summed E-state index contributed by atoms with van der Waals surface area (Å²) in [5.41, 5.74) is 6.64. The van der Waals surface area contributed by atoms with Crippen molar-refractivity contribution in [3.05, 3.63) is 48.7 Å². The van der Waals surface area contributed by atoms with Crippen molar-refractivity contribution in [1.29, 1.82) is 0 Å². The average Bonchev–Trinajstić information content (AvgIpc) is 3.42. The fourth-order valence-electron chi connectivity index (χ4n) is 4.49. The number of fused-ring (bicyclic) bond motifs is 1. The average molecular weight is 517 g/mol. The van der Waals surface area contributed by atoms with Crippen LogP contribution < -0.4 is 10.6 Å². The van der Waals surface area contributed by atoms with Gasteiger partial charge in [0.25, 0.3) is 5.91 Å². The summed E-state index contributed by atoms with van der Waals surface area (Å²) < 4.78 is 62.4. The fourth-order valence-corrected chi connectivity index (χ4v) is 4.49. The SMILES string of the molecule is CC1COC(C)(C)C(=O)N1c1cc(-c2cc(-c3ccnn3CC(F)(F)F)c3c(N)ncnn23)ccc1F. The number of aromatic nitrogens is 5. The Kier molecular flexibility index (Phi) is 5.70. The molecule has 1 unspecified atom stereocenters. The third-order valence-corrected chi connectivity index (χ3v) is 6.27.